The van der Waals surface area contributed by atoms with E-state index < -0.39 is 12.4 Å². The molecular weight excluding hydrogens is 427 g/mol. The summed E-state index contributed by atoms with van der Waals surface area (Å²) in [4.78, 5) is 14.7. The molecule has 0 saturated heterocycles. The number of benzene rings is 1. The van der Waals surface area contributed by atoms with Crippen LogP contribution >= 0.6 is 0 Å². The highest BCUT2D eigenvalue weighted by Crippen LogP contribution is 2.33. The lowest BCUT2D eigenvalue weighted by atomic mass is 10.1. The lowest BCUT2D eigenvalue weighted by molar-refractivity contribution is -0.275. The Morgan fingerprint density at radius 3 is 2.59 bits per heavy atom. The Hall–Kier alpha value is -3.53. The largest absolute Gasteiger partial charge is 0.573 e. The SMILES string of the molecule is CN(CC(=O)N1N=C(c2ccco2)CC1c1ccco1)Cc1ccccc1OC(F)(F)F. The van der Waals surface area contributed by atoms with Crippen molar-refractivity contribution in [3.05, 3.63) is 78.1 Å². The van der Waals surface area contributed by atoms with Crippen LogP contribution in [0.2, 0.25) is 0 Å². The Morgan fingerprint density at radius 1 is 1.16 bits per heavy atom. The lowest BCUT2D eigenvalue weighted by Gasteiger charge is -2.24. The number of alkyl halides is 3. The maximum atomic E-state index is 13.1. The molecule has 7 nitrogen and oxygen atoms in total. The molecule has 0 radical (unpaired) electrons. The van der Waals surface area contributed by atoms with Crippen molar-refractivity contribution >= 4 is 11.6 Å². The minimum atomic E-state index is -4.80. The number of hydrazone groups is 1. The quantitative estimate of drug-likeness (QED) is 0.530. The van der Waals surface area contributed by atoms with Crippen molar-refractivity contribution in [3.8, 4) is 5.75 Å². The minimum Gasteiger partial charge on any atom is -0.467 e. The number of ether oxygens (including phenoxy) is 1. The first-order valence-corrected chi connectivity index (χ1v) is 9.79. The van der Waals surface area contributed by atoms with Gasteiger partial charge in [-0.3, -0.25) is 9.69 Å². The van der Waals surface area contributed by atoms with Crippen molar-refractivity contribution in [1.29, 1.82) is 0 Å². The molecule has 168 valence electrons. The van der Waals surface area contributed by atoms with Gasteiger partial charge < -0.3 is 13.6 Å². The van der Waals surface area contributed by atoms with Crippen LogP contribution in [0.1, 0.15) is 29.5 Å². The second kappa shape index (κ2) is 8.91. The summed E-state index contributed by atoms with van der Waals surface area (Å²) in [5.41, 5.74) is 0.917. The average Bonchev–Trinajstić information content (AvgIpc) is 3.48. The third kappa shape index (κ3) is 5.02. The molecule has 1 atom stereocenters. The van der Waals surface area contributed by atoms with E-state index in [1.807, 2.05) is 0 Å². The third-order valence-electron chi connectivity index (χ3n) is 4.89. The van der Waals surface area contributed by atoms with Crippen molar-refractivity contribution in [2.24, 2.45) is 5.10 Å². The topological polar surface area (TPSA) is 71.4 Å². The number of hydrogen-bond donors (Lipinski definition) is 0. The van der Waals surface area contributed by atoms with Gasteiger partial charge in [0.15, 0.2) is 0 Å². The van der Waals surface area contributed by atoms with Gasteiger partial charge in [0.2, 0.25) is 0 Å². The van der Waals surface area contributed by atoms with Crippen LogP contribution in [0.4, 0.5) is 13.2 Å². The molecule has 3 heterocycles. The smallest absolute Gasteiger partial charge is 0.467 e. The molecule has 0 bridgehead atoms. The van der Waals surface area contributed by atoms with Gasteiger partial charge in [0.1, 0.15) is 29.0 Å². The van der Waals surface area contributed by atoms with Crippen LogP contribution in [-0.4, -0.2) is 41.5 Å². The van der Waals surface area contributed by atoms with Gasteiger partial charge in [0.25, 0.3) is 5.91 Å². The fourth-order valence-corrected chi connectivity index (χ4v) is 3.54. The predicted octanol–water partition coefficient (Wildman–Crippen LogP) is 4.58. The normalized spacial score (nSPS) is 16.5. The second-order valence-electron chi connectivity index (χ2n) is 7.33. The summed E-state index contributed by atoms with van der Waals surface area (Å²) in [6, 6.07) is 12.4. The number of hydrogen-bond acceptors (Lipinski definition) is 6. The standard InChI is InChI=1S/C22H20F3N3O4/c1-27(13-15-6-2-3-7-18(15)32-22(23,24)25)14-21(29)28-17(20-9-5-11-31-20)12-16(26-28)19-8-4-10-30-19/h2-11,17H,12-14H2,1H3. The number of carbonyl (C=O) groups excluding carboxylic acids is 1. The molecule has 1 unspecified atom stereocenters. The fourth-order valence-electron chi connectivity index (χ4n) is 3.54. The summed E-state index contributed by atoms with van der Waals surface area (Å²) in [5, 5.41) is 5.78. The minimum absolute atomic E-state index is 0.0754. The van der Waals surface area contributed by atoms with E-state index in [4.69, 9.17) is 8.83 Å². The Kier molecular flexibility index (Phi) is 6.04. The second-order valence-corrected chi connectivity index (χ2v) is 7.33. The van der Waals surface area contributed by atoms with Crippen LogP contribution in [-0.2, 0) is 11.3 Å². The number of halogens is 3. The zero-order chi connectivity index (χ0) is 22.7. The van der Waals surface area contributed by atoms with Gasteiger partial charge in [0.05, 0.1) is 19.1 Å². The average molecular weight is 447 g/mol. The molecule has 0 fully saturated rings. The summed E-state index contributed by atoms with van der Waals surface area (Å²) in [7, 11) is 1.64. The molecule has 10 heteroatoms. The highest BCUT2D eigenvalue weighted by molar-refractivity contribution is 6.01. The van der Waals surface area contributed by atoms with E-state index in [-0.39, 0.29) is 24.7 Å². The third-order valence-corrected chi connectivity index (χ3v) is 4.89. The molecular formula is C22H20F3N3O4. The summed E-state index contributed by atoms with van der Waals surface area (Å²) in [5.74, 6) is 0.510. The summed E-state index contributed by atoms with van der Waals surface area (Å²) >= 11 is 0. The Balaban J connectivity index is 1.48. The Bertz CT molecular complexity index is 1080. The molecule has 0 N–H and O–H groups in total. The number of furan rings is 2. The van der Waals surface area contributed by atoms with E-state index in [0.29, 0.717) is 29.2 Å². The fraction of sp³-hybridized carbons (Fsp3) is 0.273. The van der Waals surface area contributed by atoms with Gasteiger partial charge in [-0.2, -0.15) is 5.10 Å². The monoisotopic (exact) mass is 447 g/mol. The molecule has 0 spiro atoms. The van der Waals surface area contributed by atoms with E-state index in [9.17, 15) is 18.0 Å². The predicted molar refractivity (Wildman–Crippen MR) is 108 cm³/mol. The van der Waals surface area contributed by atoms with Crippen LogP contribution in [0.15, 0.2) is 75.0 Å². The van der Waals surface area contributed by atoms with Gasteiger partial charge >= 0.3 is 6.36 Å². The number of carbonyl (C=O) groups is 1. The molecule has 0 saturated carbocycles. The molecule has 1 aromatic carbocycles. The zero-order valence-electron chi connectivity index (χ0n) is 17.1. The summed E-state index contributed by atoms with van der Waals surface area (Å²) in [6.45, 7) is -0.00149. The molecule has 0 aliphatic carbocycles. The first kappa shape index (κ1) is 21.7. The molecule has 1 aliphatic heterocycles. The first-order chi connectivity index (χ1) is 15.3. The van der Waals surface area contributed by atoms with Crippen LogP contribution < -0.4 is 4.74 Å². The summed E-state index contributed by atoms with van der Waals surface area (Å²) < 4.78 is 53.0. The molecule has 1 aliphatic rings. The van der Waals surface area contributed by atoms with Gasteiger partial charge in [-0.25, -0.2) is 5.01 Å². The Morgan fingerprint density at radius 2 is 1.91 bits per heavy atom. The van der Waals surface area contributed by atoms with Gasteiger partial charge in [-0.15, -0.1) is 13.2 Å². The van der Waals surface area contributed by atoms with Crippen LogP contribution in [0, 0.1) is 0 Å². The van der Waals surface area contributed by atoms with Crippen LogP contribution in [0.25, 0.3) is 0 Å². The highest BCUT2D eigenvalue weighted by Gasteiger charge is 2.36. The van der Waals surface area contributed by atoms with Crippen molar-refractivity contribution in [2.75, 3.05) is 13.6 Å². The highest BCUT2D eigenvalue weighted by atomic mass is 19.4. The number of amides is 1. The van der Waals surface area contributed by atoms with Gasteiger partial charge in [-0.1, -0.05) is 18.2 Å². The lowest BCUT2D eigenvalue weighted by Crippen LogP contribution is -2.36. The zero-order valence-corrected chi connectivity index (χ0v) is 17.1. The first-order valence-electron chi connectivity index (χ1n) is 9.79. The molecule has 1 amide bonds. The van der Waals surface area contributed by atoms with E-state index in [1.165, 1.54) is 35.7 Å². The van der Waals surface area contributed by atoms with E-state index in [0.717, 1.165) is 0 Å². The number of nitrogens with zero attached hydrogens (tertiary/aromatic N) is 3. The van der Waals surface area contributed by atoms with Gasteiger partial charge in [0, 0.05) is 18.5 Å². The molecule has 2 aromatic heterocycles. The maximum Gasteiger partial charge on any atom is 0.573 e. The molecule has 4 rings (SSSR count). The van der Waals surface area contributed by atoms with E-state index in [1.54, 1.807) is 42.3 Å². The van der Waals surface area contributed by atoms with Crippen LogP contribution in [0.5, 0.6) is 5.75 Å². The number of para-hydroxylation sites is 1. The number of rotatable bonds is 7. The Labute approximate surface area is 181 Å². The molecule has 3 aromatic rings. The van der Waals surface area contributed by atoms with Gasteiger partial charge in [-0.05, 0) is 37.4 Å². The van der Waals surface area contributed by atoms with Crippen LogP contribution in [0.3, 0.4) is 0 Å². The van der Waals surface area contributed by atoms with E-state index in [2.05, 4.69) is 9.84 Å². The van der Waals surface area contributed by atoms with Crippen molar-refractivity contribution < 1.29 is 31.5 Å². The van der Waals surface area contributed by atoms with Crippen molar-refractivity contribution in [3.63, 3.8) is 0 Å². The number of likely N-dealkylation sites (N-methyl/N-ethyl adjacent to an activating group) is 1. The maximum absolute atomic E-state index is 13.1. The van der Waals surface area contributed by atoms with E-state index >= 15 is 0 Å². The van der Waals surface area contributed by atoms with Crippen molar-refractivity contribution in [1.82, 2.24) is 9.91 Å². The molecule has 32 heavy (non-hydrogen) atoms. The van der Waals surface area contributed by atoms with Crippen molar-refractivity contribution in [2.45, 2.75) is 25.4 Å². The summed E-state index contributed by atoms with van der Waals surface area (Å²) in [6.07, 6.45) is -1.34.